The van der Waals surface area contributed by atoms with Crippen molar-refractivity contribution < 1.29 is 46.2 Å². The standard InChI is InChI=1S/C29H35FN4O9S2/c1-28(2,3)42-26(36)24-25(44-17-31-24)34(15-18-8-10-19(40-7)11-9-18)45(38,39)20-12-13-22(21(30)14-20)32-23(35)16-41-33-27(37)43-29(4,5)6/h8-14,17H,15-16H2,1-7H3,(H,32,35)(H,33,37). The van der Waals surface area contributed by atoms with Crippen LogP contribution in [0, 0.1) is 5.82 Å². The molecule has 0 spiro atoms. The number of hydrogen-bond acceptors (Lipinski definition) is 11. The number of methoxy groups -OCH3 is 1. The minimum absolute atomic E-state index is 0.0347. The average molecular weight is 667 g/mol. The lowest BCUT2D eigenvalue weighted by molar-refractivity contribution is -0.123. The van der Waals surface area contributed by atoms with Crippen LogP contribution in [-0.2, 0) is 35.7 Å². The van der Waals surface area contributed by atoms with Crippen LogP contribution in [0.5, 0.6) is 5.75 Å². The number of ether oxygens (including phenoxy) is 3. The Labute approximate surface area is 264 Å². The second kappa shape index (κ2) is 14.2. The number of thiazole rings is 1. The highest BCUT2D eigenvalue weighted by Gasteiger charge is 2.33. The Hall–Kier alpha value is -4.28. The fraction of sp³-hybridized carbons (Fsp3) is 0.379. The van der Waals surface area contributed by atoms with Crippen molar-refractivity contribution in [2.45, 2.75) is 64.2 Å². The van der Waals surface area contributed by atoms with Gasteiger partial charge in [0.05, 0.1) is 29.7 Å². The molecule has 3 rings (SSSR count). The molecule has 0 atom stereocenters. The van der Waals surface area contributed by atoms with Crippen LogP contribution in [0.2, 0.25) is 0 Å². The first-order chi connectivity index (χ1) is 20.9. The van der Waals surface area contributed by atoms with Gasteiger partial charge >= 0.3 is 12.1 Å². The van der Waals surface area contributed by atoms with Crippen LogP contribution in [0.1, 0.15) is 57.6 Å². The van der Waals surface area contributed by atoms with Crippen LogP contribution in [0.3, 0.4) is 0 Å². The minimum Gasteiger partial charge on any atom is -0.497 e. The Bertz CT molecular complexity index is 1630. The Morgan fingerprint density at radius 1 is 0.978 bits per heavy atom. The van der Waals surface area contributed by atoms with E-state index in [2.05, 4.69) is 10.3 Å². The molecule has 0 unspecified atom stereocenters. The maximum absolute atomic E-state index is 15.2. The SMILES string of the molecule is COc1ccc(CN(c2scnc2C(=O)OC(C)(C)C)S(=O)(=O)c2ccc(NC(=O)CONC(=O)OC(C)(C)C)c(F)c2)cc1. The van der Waals surface area contributed by atoms with Crippen LogP contribution in [0.25, 0.3) is 0 Å². The molecule has 0 aliphatic carbocycles. The first-order valence-corrected chi connectivity index (χ1v) is 15.7. The third-order valence-corrected chi connectivity index (χ3v) is 8.12. The highest BCUT2D eigenvalue weighted by molar-refractivity contribution is 7.93. The second-order valence-electron chi connectivity index (χ2n) is 11.5. The van der Waals surface area contributed by atoms with Gasteiger partial charge in [0.1, 0.15) is 27.8 Å². The van der Waals surface area contributed by atoms with Gasteiger partial charge in [0, 0.05) is 0 Å². The molecule has 244 valence electrons. The van der Waals surface area contributed by atoms with Gasteiger partial charge in [-0.3, -0.25) is 13.9 Å². The first kappa shape index (κ1) is 35.2. The fourth-order valence-electron chi connectivity index (χ4n) is 3.58. The fourth-order valence-corrected chi connectivity index (χ4v) is 6.06. The molecule has 2 aromatic carbocycles. The molecule has 2 amide bonds. The summed E-state index contributed by atoms with van der Waals surface area (Å²) in [7, 11) is -3.03. The highest BCUT2D eigenvalue weighted by Crippen LogP contribution is 2.34. The van der Waals surface area contributed by atoms with Gasteiger partial charge in [-0.2, -0.15) is 5.48 Å². The zero-order valence-corrected chi connectivity index (χ0v) is 27.4. The van der Waals surface area contributed by atoms with Crippen molar-refractivity contribution in [1.29, 1.82) is 0 Å². The molecule has 0 saturated heterocycles. The van der Waals surface area contributed by atoms with E-state index in [0.717, 1.165) is 33.8 Å². The van der Waals surface area contributed by atoms with E-state index in [1.165, 1.54) is 12.6 Å². The van der Waals surface area contributed by atoms with Gasteiger partial charge in [0.15, 0.2) is 12.3 Å². The number of esters is 1. The number of anilines is 2. The van der Waals surface area contributed by atoms with E-state index in [-0.39, 0.29) is 22.9 Å². The molecule has 0 saturated carbocycles. The van der Waals surface area contributed by atoms with Crippen LogP contribution >= 0.6 is 11.3 Å². The Kier molecular flexibility index (Phi) is 11.1. The van der Waals surface area contributed by atoms with E-state index < -0.39 is 56.5 Å². The molecule has 13 nitrogen and oxygen atoms in total. The monoisotopic (exact) mass is 666 g/mol. The number of sulfonamides is 1. The minimum atomic E-state index is -4.52. The van der Waals surface area contributed by atoms with E-state index in [1.54, 1.807) is 65.8 Å². The number of hydroxylamine groups is 1. The van der Waals surface area contributed by atoms with Gasteiger partial charge in [-0.25, -0.2) is 27.4 Å². The quantitative estimate of drug-likeness (QED) is 0.210. The number of rotatable bonds is 11. The van der Waals surface area contributed by atoms with Crippen molar-refractivity contribution >= 4 is 50.0 Å². The summed E-state index contributed by atoms with van der Waals surface area (Å²) >= 11 is 0.895. The van der Waals surface area contributed by atoms with E-state index in [1.807, 2.05) is 5.48 Å². The van der Waals surface area contributed by atoms with Crippen molar-refractivity contribution in [3.8, 4) is 5.75 Å². The van der Waals surface area contributed by atoms with Gasteiger partial charge < -0.3 is 19.5 Å². The summed E-state index contributed by atoms with van der Waals surface area (Å²) in [5, 5.41) is 2.21. The maximum Gasteiger partial charge on any atom is 0.431 e. The predicted molar refractivity (Wildman–Crippen MR) is 164 cm³/mol. The number of nitrogens with zero attached hydrogens (tertiary/aromatic N) is 2. The molecule has 16 heteroatoms. The van der Waals surface area contributed by atoms with Crippen molar-refractivity contribution in [3.05, 3.63) is 65.0 Å². The van der Waals surface area contributed by atoms with Crippen molar-refractivity contribution in [2.75, 3.05) is 23.3 Å². The topological polar surface area (TPSA) is 162 Å². The first-order valence-electron chi connectivity index (χ1n) is 13.4. The molecular formula is C29H35FN4O9S2. The van der Waals surface area contributed by atoms with Gasteiger partial charge in [-0.15, -0.1) is 11.3 Å². The van der Waals surface area contributed by atoms with Crippen molar-refractivity contribution in [1.82, 2.24) is 10.5 Å². The lowest BCUT2D eigenvalue weighted by Gasteiger charge is -2.25. The number of nitrogens with one attached hydrogen (secondary N) is 2. The zero-order valence-electron chi connectivity index (χ0n) is 25.8. The molecule has 0 aliphatic heterocycles. The van der Waals surface area contributed by atoms with Gasteiger partial charge in [0.2, 0.25) is 0 Å². The normalized spacial score (nSPS) is 11.8. The molecule has 0 fully saturated rings. The Morgan fingerprint density at radius 3 is 2.20 bits per heavy atom. The molecular weight excluding hydrogens is 631 g/mol. The van der Waals surface area contributed by atoms with E-state index in [0.29, 0.717) is 11.3 Å². The molecule has 3 aromatic rings. The van der Waals surface area contributed by atoms with Crippen LogP contribution < -0.4 is 19.8 Å². The largest absolute Gasteiger partial charge is 0.497 e. The van der Waals surface area contributed by atoms with E-state index in [9.17, 15) is 22.8 Å². The van der Waals surface area contributed by atoms with E-state index in [4.69, 9.17) is 19.0 Å². The number of hydrogen-bond donors (Lipinski definition) is 2. The molecule has 1 aromatic heterocycles. The summed E-state index contributed by atoms with van der Waals surface area (Å²) in [6.07, 6.45) is -0.925. The molecule has 0 bridgehead atoms. The number of halogens is 1. The van der Waals surface area contributed by atoms with E-state index >= 15 is 4.39 Å². The molecule has 45 heavy (non-hydrogen) atoms. The van der Waals surface area contributed by atoms with Gasteiger partial charge in [0.25, 0.3) is 15.9 Å². The third kappa shape index (κ3) is 10.1. The summed E-state index contributed by atoms with van der Waals surface area (Å²) in [6.45, 7) is 8.98. The molecule has 1 heterocycles. The highest BCUT2D eigenvalue weighted by atomic mass is 32.2. The maximum atomic E-state index is 15.2. The van der Waals surface area contributed by atoms with Crippen LogP contribution in [-0.4, -0.2) is 56.3 Å². The number of amides is 2. The number of benzene rings is 2. The Morgan fingerprint density at radius 2 is 1.62 bits per heavy atom. The molecule has 0 radical (unpaired) electrons. The lowest BCUT2D eigenvalue weighted by Crippen LogP contribution is -2.34. The lowest BCUT2D eigenvalue weighted by atomic mass is 10.2. The summed E-state index contributed by atoms with van der Waals surface area (Å²) in [5.41, 5.74) is 1.54. The number of carbonyl (C=O) groups excluding carboxylic acids is 3. The smallest absolute Gasteiger partial charge is 0.431 e. The average Bonchev–Trinajstić information content (AvgIpc) is 3.41. The van der Waals surface area contributed by atoms with Crippen LogP contribution in [0.15, 0.2) is 52.9 Å². The summed E-state index contributed by atoms with van der Waals surface area (Å²) in [5.74, 6) is -2.19. The number of carbonyl (C=O) groups is 3. The van der Waals surface area contributed by atoms with Crippen LogP contribution in [0.4, 0.5) is 19.9 Å². The summed E-state index contributed by atoms with van der Waals surface area (Å²) in [6, 6.07) is 9.48. The Balaban J connectivity index is 1.87. The summed E-state index contributed by atoms with van der Waals surface area (Å²) in [4.78, 5) is 45.2. The number of aromatic nitrogens is 1. The molecule has 0 aliphatic rings. The second-order valence-corrected chi connectivity index (χ2v) is 14.1. The zero-order chi connectivity index (χ0) is 33.6. The third-order valence-electron chi connectivity index (χ3n) is 5.41. The van der Waals surface area contributed by atoms with Gasteiger partial charge in [-0.1, -0.05) is 12.1 Å². The summed E-state index contributed by atoms with van der Waals surface area (Å²) < 4.78 is 59.7. The predicted octanol–water partition coefficient (Wildman–Crippen LogP) is 5.04. The van der Waals surface area contributed by atoms with Crippen molar-refractivity contribution in [3.63, 3.8) is 0 Å². The molecule has 2 N–H and O–H groups in total. The van der Waals surface area contributed by atoms with Gasteiger partial charge in [-0.05, 0) is 77.4 Å². The van der Waals surface area contributed by atoms with Crippen molar-refractivity contribution in [2.24, 2.45) is 0 Å².